The molecule has 0 radical (unpaired) electrons. The Labute approximate surface area is 100 Å². The van der Waals surface area contributed by atoms with E-state index in [1.165, 1.54) is 12.1 Å². The van der Waals surface area contributed by atoms with Crippen molar-refractivity contribution in [2.24, 2.45) is 5.73 Å². The zero-order valence-electron chi connectivity index (χ0n) is 9.93. The molecule has 0 bridgehead atoms. The highest BCUT2D eigenvalue weighted by atomic mass is 16.6. The third-order valence-corrected chi connectivity index (χ3v) is 3.15. The van der Waals surface area contributed by atoms with Gasteiger partial charge in [0.15, 0.2) is 0 Å². The Morgan fingerprint density at radius 3 is 2.59 bits per heavy atom. The molecule has 0 amide bonds. The second-order valence-corrected chi connectivity index (χ2v) is 4.95. The van der Waals surface area contributed by atoms with Crippen LogP contribution in [0, 0.1) is 10.1 Å². The first-order valence-electron chi connectivity index (χ1n) is 5.76. The maximum absolute atomic E-state index is 10.6. The molecule has 1 aromatic rings. The first-order valence-corrected chi connectivity index (χ1v) is 5.76. The normalized spacial score (nSPS) is 24.7. The summed E-state index contributed by atoms with van der Waals surface area (Å²) in [5, 5.41) is 10.6. The summed E-state index contributed by atoms with van der Waals surface area (Å²) in [7, 11) is 0. The van der Waals surface area contributed by atoms with Crippen LogP contribution in [0.5, 0.6) is 0 Å². The Balaban J connectivity index is 2.14. The molecule has 1 atom stereocenters. The summed E-state index contributed by atoms with van der Waals surface area (Å²) >= 11 is 0. The number of anilines is 1. The first-order chi connectivity index (χ1) is 7.98. The van der Waals surface area contributed by atoms with E-state index >= 15 is 0 Å². The smallest absolute Gasteiger partial charge is 0.269 e. The molecular weight excluding hydrogens is 218 g/mol. The Morgan fingerprint density at radius 2 is 2.06 bits per heavy atom. The summed E-state index contributed by atoms with van der Waals surface area (Å²) in [6, 6.07) is 6.66. The van der Waals surface area contributed by atoms with Crippen molar-refractivity contribution >= 4 is 11.4 Å². The van der Waals surface area contributed by atoms with E-state index in [1.54, 1.807) is 12.1 Å². The number of nitro groups is 1. The molecule has 92 valence electrons. The summed E-state index contributed by atoms with van der Waals surface area (Å²) in [6.45, 7) is 3.81. The van der Waals surface area contributed by atoms with E-state index in [4.69, 9.17) is 5.73 Å². The molecule has 1 aliphatic rings. The molecule has 1 aromatic carbocycles. The number of hydrogen-bond acceptors (Lipinski definition) is 4. The van der Waals surface area contributed by atoms with Crippen LogP contribution in [0.3, 0.4) is 0 Å². The largest absolute Gasteiger partial charge is 0.370 e. The molecule has 1 heterocycles. The van der Waals surface area contributed by atoms with Crippen LogP contribution in [0.15, 0.2) is 24.3 Å². The molecule has 2 N–H and O–H groups in total. The van der Waals surface area contributed by atoms with Gasteiger partial charge in [-0.3, -0.25) is 10.1 Å². The predicted molar refractivity (Wildman–Crippen MR) is 67.1 cm³/mol. The fourth-order valence-corrected chi connectivity index (χ4v) is 2.27. The van der Waals surface area contributed by atoms with Gasteiger partial charge in [-0.25, -0.2) is 0 Å². The summed E-state index contributed by atoms with van der Waals surface area (Å²) in [6.07, 6.45) is 2.08. The summed E-state index contributed by atoms with van der Waals surface area (Å²) < 4.78 is 0. The van der Waals surface area contributed by atoms with Crippen LogP contribution >= 0.6 is 0 Å². The molecule has 0 aromatic heterocycles. The van der Waals surface area contributed by atoms with Crippen molar-refractivity contribution in [3.05, 3.63) is 34.4 Å². The van der Waals surface area contributed by atoms with Crippen molar-refractivity contribution < 1.29 is 4.92 Å². The maximum atomic E-state index is 10.6. The molecule has 0 aliphatic carbocycles. The Bertz CT molecular complexity index is 414. The highest BCUT2D eigenvalue weighted by Crippen LogP contribution is 2.25. The minimum Gasteiger partial charge on any atom is -0.370 e. The van der Waals surface area contributed by atoms with Crippen LogP contribution in [-0.2, 0) is 0 Å². The van der Waals surface area contributed by atoms with E-state index in [2.05, 4.69) is 4.90 Å². The molecule has 1 fully saturated rings. The van der Waals surface area contributed by atoms with Crippen LogP contribution in [-0.4, -0.2) is 23.6 Å². The molecule has 1 aliphatic heterocycles. The molecular formula is C12H17N3O2. The van der Waals surface area contributed by atoms with Gasteiger partial charge in [0.2, 0.25) is 0 Å². The number of non-ortho nitro benzene ring substituents is 1. The fraction of sp³-hybridized carbons (Fsp3) is 0.500. The minimum absolute atomic E-state index is 0.126. The van der Waals surface area contributed by atoms with E-state index in [1.807, 2.05) is 6.92 Å². The lowest BCUT2D eigenvalue weighted by molar-refractivity contribution is -0.384. The Hall–Kier alpha value is -1.62. The van der Waals surface area contributed by atoms with E-state index in [0.29, 0.717) is 0 Å². The summed E-state index contributed by atoms with van der Waals surface area (Å²) in [4.78, 5) is 12.4. The van der Waals surface area contributed by atoms with Gasteiger partial charge >= 0.3 is 0 Å². The molecule has 5 heteroatoms. The minimum atomic E-state index is -0.382. The number of benzene rings is 1. The number of piperidine rings is 1. The van der Waals surface area contributed by atoms with E-state index < -0.39 is 0 Å². The van der Waals surface area contributed by atoms with Crippen molar-refractivity contribution in [1.82, 2.24) is 0 Å². The van der Waals surface area contributed by atoms with Gasteiger partial charge in [0.1, 0.15) is 0 Å². The molecule has 17 heavy (non-hydrogen) atoms. The quantitative estimate of drug-likeness (QED) is 0.627. The van der Waals surface area contributed by atoms with Gasteiger partial charge in [-0.15, -0.1) is 0 Å². The topological polar surface area (TPSA) is 72.4 Å². The average Bonchev–Trinajstić information content (AvgIpc) is 2.28. The number of nitrogens with zero attached hydrogens (tertiary/aromatic N) is 2. The van der Waals surface area contributed by atoms with E-state index in [0.717, 1.165) is 31.6 Å². The molecule has 2 rings (SSSR count). The second kappa shape index (κ2) is 4.33. The van der Waals surface area contributed by atoms with Crippen LogP contribution in [0.4, 0.5) is 11.4 Å². The van der Waals surface area contributed by atoms with Crippen LogP contribution in [0.2, 0.25) is 0 Å². The van der Waals surface area contributed by atoms with Gasteiger partial charge in [-0.05, 0) is 31.9 Å². The Kier molecular flexibility index (Phi) is 3.02. The summed E-state index contributed by atoms with van der Waals surface area (Å²) in [5.74, 6) is 0. The zero-order valence-corrected chi connectivity index (χ0v) is 9.93. The van der Waals surface area contributed by atoms with Crippen LogP contribution in [0.25, 0.3) is 0 Å². The third-order valence-electron chi connectivity index (χ3n) is 3.15. The van der Waals surface area contributed by atoms with Crippen molar-refractivity contribution in [3.63, 3.8) is 0 Å². The predicted octanol–water partition coefficient (Wildman–Crippen LogP) is 1.91. The van der Waals surface area contributed by atoms with Gasteiger partial charge < -0.3 is 10.6 Å². The first kappa shape index (κ1) is 11.9. The maximum Gasteiger partial charge on any atom is 0.269 e. The van der Waals surface area contributed by atoms with Crippen molar-refractivity contribution in [2.75, 3.05) is 18.0 Å². The van der Waals surface area contributed by atoms with Crippen LogP contribution < -0.4 is 10.6 Å². The standard InChI is InChI=1S/C12H17N3O2/c1-12(13)7-2-8-14(9-12)10-3-5-11(6-4-10)15(16)17/h3-6H,2,7-9,13H2,1H3/t12-/m0/s1. The van der Waals surface area contributed by atoms with Crippen molar-refractivity contribution in [3.8, 4) is 0 Å². The molecule has 0 saturated carbocycles. The zero-order chi connectivity index (χ0) is 12.5. The molecule has 5 nitrogen and oxygen atoms in total. The number of hydrogen-bond donors (Lipinski definition) is 1. The summed E-state index contributed by atoms with van der Waals surface area (Å²) in [5.41, 5.74) is 7.10. The lowest BCUT2D eigenvalue weighted by Crippen LogP contribution is -2.52. The molecule has 0 unspecified atom stereocenters. The highest BCUT2D eigenvalue weighted by molar-refractivity contribution is 5.51. The van der Waals surface area contributed by atoms with Crippen molar-refractivity contribution in [2.45, 2.75) is 25.3 Å². The third kappa shape index (κ3) is 2.74. The Morgan fingerprint density at radius 1 is 1.41 bits per heavy atom. The van der Waals surface area contributed by atoms with Crippen molar-refractivity contribution in [1.29, 1.82) is 0 Å². The SMILES string of the molecule is C[C@]1(N)CCCN(c2ccc([N+](=O)[O-])cc2)C1. The van der Waals surface area contributed by atoms with Gasteiger partial charge in [-0.2, -0.15) is 0 Å². The van der Waals surface area contributed by atoms with E-state index in [9.17, 15) is 10.1 Å². The van der Waals surface area contributed by atoms with Gasteiger partial charge in [-0.1, -0.05) is 0 Å². The van der Waals surface area contributed by atoms with Gasteiger partial charge in [0.05, 0.1) is 4.92 Å². The monoisotopic (exact) mass is 235 g/mol. The van der Waals surface area contributed by atoms with Gasteiger partial charge in [0, 0.05) is 36.4 Å². The van der Waals surface area contributed by atoms with E-state index in [-0.39, 0.29) is 16.1 Å². The molecule has 1 saturated heterocycles. The highest BCUT2D eigenvalue weighted by Gasteiger charge is 2.27. The fourth-order valence-electron chi connectivity index (χ4n) is 2.27. The number of rotatable bonds is 2. The molecule has 0 spiro atoms. The lowest BCUT2D eigenvalue weighted by Gasteiger charge is -2.39. The van der Waals surface area contributed by atoms with Gasteiger partial charge in [0.25, 0.3) is 5.69 Å². The number of nitro benzene ring substituents is 1. The van der Waals surface area contributed by atoms with Crippen LogP contribution in [0.1, 0.15) is 19.8 Å². The second-order valence-electron chi connectivity index (χ2n) is 4.95. The lowest BCUT2D eigenvalue weighted by atomic mass is 9.92. The number of nitrogens with two attached hydrogens (primary N) is 1. The average molecular weight is 235 g/mol.